The monoisotopic (exact) mass is 191 g/mol. The highest BCUT2D eigenvalue weighted by molar-refractivity contribution is 5.31. The van der Waals surface area contributed by atoms with Crippen LogP contribution in [-0.4, -0.2) is 16.5 Å². The van der Waals surface area contributed by atoms with Crippen LogP contribution in [0.5, 0.6) is 0 Å². The van der Waals surface area contributed by atoms with E-state index in [1.54, 1.807) is 0 Å². The number of aromatic nitrogens is 2. The van der Waals surface area contributed by atoms with Crippen LogP contribution < -0.4 is 5.73 Å². The fourth-order valence-electron chi connectivity index (χ4n) is 2.24. The first-order valence-electron chi connectivity index (χ1n) is 5.01. The molecule has 1 heterocycles. The van der Waals surface area contributed by atoms with Crippen molar-refractivity contribution >= 4 is 0 Å². The number of aryl methyl sites for hydroxylation is 1. The van der Waals surface area contributed by atoms with Crippen molar-refractivity contribution < 1.29 is 0 Å². The van der Waals surface area contributed by atoms with Crippen LogP contribution in [0.4, 0.5) is 0 Å². The van der Waals surface area contributed by atoms with Gasteiger partial charge in [0.2, 0.25) is 0 Å². The smallest absolute Gasteiger partial charge is 0.0666 e. The van der Waals surface area contributed by atoms with Crippen LogP contribution >= 0.6 is 0 Å². The third-order valence-corrected chi connectivity index (χ3v) is 3.53. The van der Waals surface area contributed by atoms with Crippen molar-refractivity contribution in [2.24, 2.45) is 11.1 Å². The molecular weight excluding hydrogens is 174 g/mol. The maximum Gasteiger partial charge on any atom is 0.0666 e. The molecule has 0 radical (unpaired) electrons. The van der Waals surface area contributed by atoms with Gasteiger partial charge < -0.3 is 5.73 Å². The van der Waals surface area contributed by atoms with Gasteiger partial charge in [-0.25, -0.2) is 0 Å². The van der Waals surface area contributed by atoms with Crippen molar-refractivity contribution in [2.45, 2.75) is 32.6 Å². The second-order valence-corrected chi connectivity index (χ2v) is 4.89. The van der Waals surface area contributed by atoms with Crippen molar-refractivity contribution in [1.82, 2.24) is 9.97 Å². The average molecular weight is 191 g/mol. The normalized spacial score (nSPS) is 28.9. The number of hydrogen-bond acceptors (Lipinski definition) is 3. The van der Waals surface area contributed by atoms with Gasteiger partial charge in [-0.1, -0.05) is 13.8 Å². The first-order chi connectivity index (χ1) is 6.52. The maximum absolute atomic E-state index is 5.85. The molecule has 2 rings (SSSR count). The molecule has 1 aliphatic carbocycles. The van der Waals surface area contributed by atoms with Crippen molar-refractivity contribution in [1.29, 1.82) is 0 Å². The van der Waals surface area contributed by atoms with Crippen LogP contribution in [0.1, 0.15) is 31.7 Å². The van der Waals surface area contributed by atoms with Gasteiger partial charge in [0.25, 0.3) is 0 Å². The van der Waals surface area contributed by atoms with Crippen LogP contribution in [0.25, 0.3) is 0 Å². The molecule has 0 bridgehead atoms. The average Bonchev–Trinajstić information content (AvgIpc) is 2.71. The third kappa shape index (κ3) is 1.16. The van der Waals surface area contributed by atoms with E-state index in [1.807, 2.05) is 19.3 Å². The zero-order chi connectivity index (χ0) is 10.4. The first kappa shape index (κ1) is 9.59. The maximum atomic E-state index is 5.85. The number of rotatable bonds is 2. The molecular formula is C11H17N3. The molecule has 3 nitrogen and oxygen atoms in total. The van der Waals surface area contributed by atoms with Crippen molar-refractivity contribution in [3.8, 4) is 0 Å². The molecule has 1 saturated carbocycles. The van der Waals surface area contributed by atoms with Gasteiger partial charge in [0, 0.05) is 24.4 Å². The highest BCUT2D eigenvalue weighted by atomic mass is 14.9. The minimum absolute atomic E-state index is 0.0771. The van der Waals surface area contributed by atoms with Crippen LogP contribution in [-0.2, 0) is 5.41 Å². The van der Waals surface area contributed by atoms with Crippen molar-refractivity contribution in [3.63, 3.8) is 0 Å². The van der Waals surface area contributed by atoms with Crippen molar-refractivity contribution in [3.05, 3.63) is 23.8 Å². The lowest BCUT2D eigenvalue weighted by molar-refractivity contribution is 0.491. The van der Waals surface area contributed by atoms with Gasteiger partial charge in [-0.2, -0.15) is 0 Å². The summed E-state index contributed by atoms with van der Waals surface area (Å²) in [6.07, 6.45) is 4.81. The Hall–Kier alpha value is -0.960. The molecule has 0 aromatic carbocycles. The molecule has 1 aliphatic rings. The largest absolute Gasteiger partial charge is 0.330 e. The molecule has 1 atom stereocenters. The Morgan fingerprint density at radius 2 is 2.00 bits per heavy atom. The number of nitrogens with two attached hydrogens (primary N) is 1. The number of nitrogens with zero attached hydrogens (tertiary/aromatic N) is 2. The predicted octanol–water partition coefficient (Wildman–Crippen LogP) is 1.41. The van der Waals surface area contributed by atoms with Gasteiger partial charge in [-0.3, -0.25) is 9.97 Å². The van der Waals surface area contributed by atoms with E-state index < -0.39 is 0 Å². The molecule has 1 aromatic rings. The lowest BCUT2D eigenvalue weighted by Crippen LogP contribution is -2.26. The Balaban J connectivity index is 2.36. The molecule has 0 aliphatic heterocycles. The second-order valence-electron chi connectivity index (χ2n) is 4.89. The summed E-state index contributed by atoms with van der Waals surface area (Å²) in [5.74, 6) is 0. The summed E-state index contributed by atoms with van der Waals surface area (Å²) < 4.78 is 0. The van der Waals surface area contributed by atoms with E-state index in [-0.39, 0.29) is 10.8 Å². The summed E-state index contributed by atoms with van der Waals surface area (Å²) in [6, 6.07) is 0. The molecule has 0 saturated heterocycles. The Labute approximate surface area is 84.8 Å². The minimum Gasteiger partial charge on any atom is -0.330 e. The Morgan fingerprint density at radius 1 is 1.36 bits per heavy atom. The predicted molar refractivity (Wildman–Crippen MR) is 55.9 cm³/mol. The van der Waals surface area contributed by atoms with Crippen LogP contribution in [0.2, 0.25) is 0 Å². The van der Waals surface area contributed by atoms with E-state index in [1.165, 1.54) is 0 Å². The Morgan fingerprint density at radius 3 is 2.36 bits per heavy atom. The van der Waals surface area contributed by atoms with Gasteiger partial charge in [0.05, 0.1) is 11.4 Å². The fourth-order valence-corrected chi connectivity index (χ4v) is 2.24. The summed E-state index contributed by atoms with van der Waals surface area (Å²) in [5, 5.41) is 0. The van der Waals surface area contributed by atoms with E-state index in [0.29, 0.717) is 6.54 Å². The summed E-state index contributed by atoms with van der Waals surface area (Å²) in [7, 11) is 0. The summed E-state index contributed by atoms with van der Waals surface area (Å²) in [5.41, 5.74) is 8.22. The summed E-state index contributed by atoms with van der Waals surface area (Å²) in [4.78, 5) is 8.72. The molecule has 2 N–H and O–H groups in total. The highest BCUT2D eigenvalue weighted by Crippen LogP contribution is 2.62. The van der Waals surface area contributed by atoms with Crippen LogP contribution in [0.15, 0.2) is 12.4 Å². The summed E-state index contributed by atoms with van der Waals surface area (Å²) >= 11 is 0. The van der Waals surface area contributed by atoms with Crippen molar-refractivity contribution in [2.75, 3.05) is 6.54 Å². The van der Waals surface area contributed by atoms with Gasteiger partial charge in [-0.05, 0) is 18.8 Å². The molecule has 1 unspecified atom stereocenters. The highest BCUT2D eigenvalue weighted by Gasteiger charge is 2.62. The van der Waals surface area contributed by atoms with Gasteiger partial charge >= 0.3 is 0 Å². The lowest BCUT2D eigenvalue weighted by atomic mass is 9.93. The quantitative estimate of drug-likeness (QED) is 0.769. The molecule has 76 valence electrons. The zero-order valence-electron chi connectivity index (χ0n) is 9.04. The van der Waals surface area contributed by atoms with E-state index in [2.05, 4.69) is 23.8 Å². The number of hydrogen-bond donors (Lipinski definition) is 1. The molecule has 14 heavy (non-hydrogen) atoms. The van der Waals surface area contributed by atoms with Crippen LogP contribution in [0.3, 0.4) is 0 Å². The van der Waals surface area contributed by atoms with E-state index in [9.17, 15) is 0 Å². The Bertz CT molecular complexity index is 342. The standard InChI is InChI=1S/C11H17N3/c1-8-4-14-9(5-13-8)11(7-12)6-10(11,2)3/h4-5H,6-7,12H2,1-3H3. The minimum atomic E-state index is 0.0771. The third-order valence-electron chi connectivity index (χ3n) is 3.53. The Kier molecular flexibility index (Phi) is 1.89. The van der Waals surface area contributed by atoms with E-state index in [4.69, 9.17) is 5.73 Å². The van der Waals surface area contributed by atoms with Gasteiger partial charge in [-0.15, -0.1) is 0 Å². The second kappa shape index (κ2) is 2.76. The van der Waals surface area contributed by atoms with Gasteiger partial charge in [0.15, 0.2) is 0 Å². The SMILES string of the molecule is Cc1cnc(C2(CN)CC2(C)C)cn1. The first-order valence-corrected chi connectivity index (χ1v) is 5.01. The molecule has 1 fully saturated rings. The van der Waals surface area contributed by atoms with E-state index >= 15 is 0 Å². The summed E-state index contributed by atoms with van der Waals surface area (Å²) in [6.45, 7) is 7.09. The fraction of sp³-hybridized carbons (Fsp3) is 0.636. The lowest BCUT2D eigenvalue weighted by Gasteiger charge is -2.17. The van der Waals surface area contributed by atoms with Crippen LogP contribution in [0, 0.1) is 12.3 Å². The van der Waals surface area contributed by atoms with E-state index in [0.717, 1.165) is 17.8 Å². The molecule has 0 amide bonds. The zero-order valence-corrected chi connectivity index (χ0v) is 9.04. The van der Waals surface area contributed by atoms with Gasteiger partial charge in [0.1, 0.15) is 0 Å². The molecule has 0 spiro atoms. The molecule has 3 heteroatoms. The topological polar surface area (TPSA) is 51.8 Å². The molecule has 1 aromatic heterocycles.